The van der Waals surface area contributed by atoms with Gasteiger partial charge >= 0.3 is 0 Å². The summed E-state index contributed by atoms with van der Waals surface area (Å²) in [6.07, 6.45) is 2.09. The maximum atomic E-state index is 13.2. The van der Waals surface area contributed by atoms with Gasteiger partial charge in [-0.2, -0.15) is 15.0 Å². The first-order chi connectivity index (χ1) is 13.6. The Morgan fingerprint density at radius 1 is 1.32 bits per heavy atom. The molecule has 0 aliphatic carbocycles. The maximum Gasteiger partial charge on any atom is 0.285 e. The zero-order chi connectivity index (χ0) is 19.7. The molecule has 1 atom stereocenters. The molecule has 1 N–H and O–H groups in total. The monoisotopic (exact) mass is 378 g/mol. The van der Waals surface area contributed by atoms with Crippen LogP contribution in [0, 0.1) is 11.3 Å². The molecular formula is C19H22N8O. The Labute approximate surface area is 162 Å². The van der Waals surface area contributed by atoms with Gasteiger partial charge in [0.2, 0.25) is 11.6 Å². The Balaban J connectivity index is 1.86. The van der Waals surface area contributed by atoms with Gasteiger partial charge in [-0.05, 0) is 31.5 Å². The number of benzene rings is 1. The lowest BCUT2D eigenvalue weighted by molar-refractivity contribution is 0.440. The van der Waals surface area contributed by atoms with E-state index in [4.69, 9.17) is 0 Å². The van der Waals surface area contributed by atoms with Crippen LogP contribution < -0.4 is 15.8 Å². The van der Waals surface area contributed by atoms with E-state index in [0.717, 1.165) is 31.5 Å². The zero-order valence-electron chi connectivity index (χ0n) is 16.0. The molecule has 2 aromatic heterocycles. The van der Waals surface area contributed by atoms with Crippen molar-refractivity contribution in [1.82, 2.24) is 29.9 Å². The molecule has 1 saturated heterocycles. The third-order valence-corrected chi connectivity index (χ3v) is 5.17. The van der Waals surface area contributed by atoms with Crippen molar-refractivity contribution in [3.05, 3.63) is 45.7 Å². The summed E-state index contributed by atoms with van der Waals surface area (Å²) in [5.74, 6) is 0.575. The average Bonchev–Trinajstić information content (AvgIpc) is 3.11. The number of aryl methyl sites for hydroxylation is 1. The van der Waals surface area contributed by atoms with Crippen LogP contribution >= 0.6 is 0 Å². The molecule has 144 valence electrons. The van der Waals surface area contributed by atoms with Crippen LogP contribution in [-0.2, 0) is 13.6 Å². The van der Waals surface area contributed by atoms with Crippen molar-refractivity contribution in [1.29, 1.82) is 5.26 Å². The van der Waals surface area contributed by atoms with E-state index in [9.17, 15) is 10.1 Å². The fourth-order valence-corrected chi connectivity index (χ4v) is 3.70. The summed E-state index contributed by atoms with van der Waals surface area (Å²) < 4.78 is 1.62. The number of fused-ring (bicyclic) bond motifs is 1. The van der Waals surface area contributed by atoms with Gasteiger partial charge < -0.3 is 10.2 Å². The number of nitrogens with zero attached hydrogens (tertiary/aromatic N) is 7. The molecule has 0 saturated carbocycles. The Kier molecular flexibility index (Phi) is 4.79. The highest BCUT2D eigenvalue weighted by molar-refractivity contribution is 5.69. The van der Waals surface area contributed by atoms with E-state index >= 15 is 0 Å². The van der Waals surface area contributed by atoms with Gasteiger partial charge in [-0.1, -0.05) is 18.2 Å². The number of likely N-dealkylation sites (N-methyl/N-ethyl adjacent to an activating group) is 1. The van der Waals surface area contributed by atoms with E-state index < -0.39 is 0 Å². The fraction of sp³-hybridized carbons (Fsp3) is 0.421. The molecule has 28 heavy (non-hydrogen) atoms. The van der Waals surface area contributed by atoms with E-state index in [2.05, 4.69) is 31.5 Å². The largest absolute Gasteiger partial charge is 0.341 e. The minimum atomic E-state index is -0.243. The molecule has 3 heterocycles. The molecule has 1 fully saturated rings. The maximum absolute atomic E-state index is 13.2. The summed E-state index contributed by atoms with van der Waals surface area (Å²) in [6.45, 7) is 1.84. The molecule has 0 unspecified atom stereocenters. The quantitative estimate of drug-likeness (QED) is 0.710. The number of rotatable bonds is 4. The van der Waals surface area contributed by atoms with Crippen LogP contribution in [0.3, 0.4) is 0 Å². The number of nitriles is 1. The highest BCUT2D eigenvalue weighted by atomic mass is 16.1. The lowest BCUT2D eigenvalue weighted by Gasteiger charge is -2.34. The SMILES string of the molecule is CN[C@@H]1CCCN(c2nc3nn(C)nc3c(=O)n2Cc2ccccc2C#N)C1. The van der Waals surface area contributed by atoms with Crippen molar-refractivity contribution in [2.45, 2.75) is 25.4 Å². The molecule has 1 aliphatic rings. The average molecular weight is 378 g/mol. The summed E-state index contributed by atoms with van der Waals surface area (Å²) in [5, 5.41) is 21.2. The van der Waals surface area contributed by atoms with Gasteiger partial charge in [0.1, 0.15) is 0 Å². The van der Waals surface area contributed by atoms with Gasteiger partial charge in [-0.15, -0.1) is 10.2 Å². The van der Waals surface area contributed by atoms with Crippen molar-refractivity contribution in [3.63, 3.8) is 0 Å². The Bertz CT molecular complexity index is 1110. The lowest BCUT2D eigenvalue weighted by Crippen LogP contribution is -2.46. The van der Waals surface area contributed by atoms with E-state index in [-0.39, 0.29) is 17.6 Å². The lowest BCUT2D eigenvalue weighted by atomic mass is 10.1. The Morgan fingerprint density at radius 3 is 2.93 bits per heavy atom. The standard InChI is InChI=1S/C19H22N8O/c1-21-15-8-5-9-26(12-15)19-22-17-16(23-25(2)24-17)18(28)27(19)11-14-7-4-3-6-13(14)10-20/h3-4,6-7,15,21H,5,8-9,11-12H2,1-2H3/t15-/m1/s1. The van der Waals surface area contributed by atoms with Gasteiger partial charge in [-0.25, -0.2) is 0 Å². The molecule has 0 spiro atoms. The molecular weight excluding hydrogens is 356 g/mol. The summed E-state index contributed by atoms with van der Waals surface area (Å²) in [4.78, 5) is 21.4. The van der Waals surface area contributed by atoms with Crippen LogP contribution in [0.25, 0.3) is 11.2 Å². The predicted octanol–water partition coefficient (Wildman–Crippen LogP) is 0.633. The summed E-state index contributed by atoms with van der Waals surface area (Å²) >= 11 is 0. The van der Waals surface area contributed by atoms with Crippen molar-refractivity contribution in [2.24, 2.45) is 7.05 Å². The smallest absolute Gasteiger partial charge is 0.285 e. The third-order valence-electron chi connectivity index (χ3n) is 5.17. The van der Waals surface area contributed by atoms with Crippen molar-refractivity contribution >= 4 is 17.1 Å². The number of hydrogen-bond acceptors (Lipinski definition) is 7. The van der Waals surface area contributed by atoms with Crippen molar-refractivity contribution in [3.8, 4) is 6.07 Å². The van der Waals surface area contributed by atoms with Gasteiger partial charge in [0.15, 0.2) is 5.52 Å². The summed E-state index contributed by atoms with van der Waals surface area (Å²) in [6, 6.07) is 9.84. The molecule has 0 amide bonds. The van der Waals surface area contributed by atoms with E-state index in [1.807, 2.05) is 25.2 Å². The van der Waals surface area contributed by atoms with Gasteiger partial charge in [-0.3, -0.25) is 9.36 Å². The molecule has 0 bridgehead atoms. The van der Waals surface area contributed by atoms with Crippen LogP contribution in [0.1, 0.15) is 24.0 Å². The number of piperidine rings is 1. The van der Waals surface area contributed by atoms with E-state index in [0.29, 0.717) is 23.2 Å². The second-order valence-corrected chi connectivity index (χ2v) is 7.01. The second kappa shape index (κ2) is 7.40. The van der Waals surface area contributed by atoms with Crippen LogP contribution in [0.2, 0.25) is 0 Å². The minimum absolute atomic E-state index is 0.239. The van der Waals surface area contributed by atoms with Crippen LogP contribution in [0.4, 0.5) is 5.95 Å². The topological polar surface area (TPSA) is 105 Å². The predicted molar refractivity (Wildman–Crippen MR) is 105 cm³/mol. The molecule has 4 rings (SSSR count). The van der Waals surface area contributed by atoms with Gasteiger partial charge in [0.05, 0.1) is 18.2 Å². The van der Waals surface area contributed by atoms with Crippen molar-refractivity contribution < 1.29 is 0 Å². The molecule has 9 heteroatoms. The number of aromatic nitrogens is 5. The third kappa shape index (κ3) is 3.23. The van der Waals surface area contributed by atoms with E-state index in [1.54, 1.807) is 17.7 Å². The summed E-state index contributed by atoms with van der Waals surface area (Å²) in [7, 11) is 3.62. The Morgan fingerprint density at radius 2 is 2.14 bits per heavy atom. The number of anilines is 1. The zero-order valence-corrected chi connectivity index (χ0v) is 16.0. The van der Waals surface area contributed by atoms with Gasteiger partial charge in [0.25, 0.3) is 5.56 Å². The van der Waals surface area contributed by atoms with Gasteiger partial charge in [0, 0.05) is 26.2 Å². The molecule has 3 aromatic rings. The van der Waals surface area contributed by atoms with Crippen LogP contribution in [-0.4, -0.2) is 50.7 Å². The first-order valence-corrected chi connectivity index (χ1v) is 9.32. The number of nitrogens with one attached hydrogen (secondary N) is 1. The van der Waals surface area contributed by atoms with Crippen molar-refractivity contribution in [2.75, 3.05) is 25.0 Å². The fourth-order valence-electron chi connectivity index (χ4n) is 3.70. The first kappa shape index (κ1) is 18.1. The molecule has 0 radical (unpaired) electrons. The highest BCUT2D eigenvalue weighted by Crippen LogP contribution is 2.20. The van der Waals surface area contributed by atoms with Crippen LogP contribution in [0.15, 0.2) is 29.1 Å². The normalized spacial score (nSPS) is 17.0. The second-order valence-electron chi connectivity index (χ2n) is 7.01. The molecule has 1 aliphatic heterocycles. The summed E-state index contributed by atoms with van der Waals surface area (Å²) in [5.41, 5.74) is 1.67. The highest BCUT2D eigenvalue weighted by Gasteiger charge is 2.25. The van der Waals surface area contributed by atoms with Crippen LogP contribution in [0.5, 0.6) is 0 Å². The first-order valence-electron chi connectivity index (χ1n) is 9.32. The minimum Gasteiger partial charge on any atom is -0.341 e. The number of hydrogen-bond donors (Lipinski definition) is 1. The molecule has 1 aromatic carbocycles. The molecule has 9 nitrogen and oxygen atoms in total. The Hall–Kier alpha value is -3.25. The van der Waals surface area contributed by atoms with E-state index in [1.165, 1.54) is 4.80 Å².